The van der Waals surface area contributed by atoms with Gasteiger partial charge >= 0.3 is 12.4 Å². The lowest BCUT2D eigenvalue weighted by Gasteiger charge is -2.32. The maximum absolute atomic E-state index is 15.0. The summed E-state index contributed by atoms with van der Waals surface area (Å²) in [7, 11) is -3.18. The minimum Gasteiger partial charge on any atom is -0.373 e. The van der Waals surface area contributed by atoms with Crippen LogP contribution in [0.2, 0.25) is 5.15 Å². The Balaban J connectivity index is 1.86. The van der Waals surface area contributed by atoms with Crippen molar-refractivity contribution in [1.29, 1.82) is 0 Å². The Bertz CT molecular complexity index is 1360. The molecule has 0 aliphatic heterocycles. The second-order valence-electron chi connectivity index (χ2n) is 9.98. The molecule has 0 spiro atoms. The highest BCUT2D eigenvalue weighted by Crippen LogP contribution is 2.45. The molecule has 1 fully saturated rings. The molecule has 0 saturated heterocycles. The summed E-state index contributed by atoms with van der Waals surface area (Å²) in [6.07, 6.45) is -11.6. The summed E-state index contributed by atoms with van der Waals surface area (Å²) in [5, 5.41) is 11.0. The topological polar surface area (TPSA) is 101 Å². The van der Waals surface area contributed by atoms with Crippen molar-refractivity contribution in [3.63, 3.8) is 0 Å². The first-order chi connectivity index (χ1) is 18.7. The van der Waals surface area contributed by atoms with E-state index < -0.39 is 79.1 Å². The van der Waals surface area contributed by atoms with Gasteiger partial charge in [-0.1, -0.05) is 18.5 Å². The molecular formula is C24H26ClF8N3O4S. The van der Waals surface area contributed by atoms with Crippen LogP contribution in [-0.4, -0.2) is 65.0 Å². The normalized spacial score (nSPS) is 18.9. The number of carbonyl (C=O) groups excluding carboxylic acids is 1. The van der Waals surface area contributed by atoms with Gasteiger partial charge in [0.25, 0.3) is 11.5 Å². The third kappa shape index (κ3) is 6.79. The van der Waals surface area contributed by atoms with Crippen LogP contribution in [0.25, 0.3) is 5.69 Å². The number of sulfone groups is 1. The first kappa shape index (κ1) is 33.0. The lowest BCUT2D eigenvalue weighted by Crippen LogP contribution is -2.58. The molecule has 0 radical (unpaired) electrons. The Hall–Kier alpha value is -2.46. The first-order valence-corrected chi connectivity index (χ1v) is 14.6. The predicted octanol–water partition coefficient (Wildman–Crippen LogP) is 5.10. The van der Waals surface area contributed by atoms with Crippen LogP contribution in [0.3, 0.4) is 0 Å². The molecule has 0 unspecified atom stereocenters. The molecule has 1 aromatic carbocycles. The number of aryl methyl sites for hydroxylation is 1. The van der Waals surface area contributed by atoms with E-state index in [4.69, 9.17) is 11.6 Å². The number of aliphatic hydroxyl groups is 1. The van der Waals surface area contributed by atoms with Gasteiger partial charge in [-0.05, 0) is 49.3 Å². The number of nitrogens with zero attached hydrogens (tertiary/aromatic N) is 2. The Morgan fingerprint density at radius 2 is 1.59 bits per heavy atom. The number of alkyl halides is 6. The van der Waals surface area contributed by atoms with Gasteiger partial charge in [0.05, 0.1) is 5.25 Å². The standard InChI is InChI=1S/C24H26ClF8N3O4S/c1-3-17-35-18(21(37)34-11-12-4-6-14(7-5-12)41(2,39)40)20(25)36(17)19-15(26)8-13(9-16(19)27)10-22(38,23(28,29)30)24(31,32)33/h8-9,12,14,38H,3-7,10-11H2,1-2H3,(H,34,37). The zero-order valence-corrected chi connectivity index (χ0v) is 23.2. The predicted molar refractivity (Wildman–Crippen MR) is 132 cm³/mol. The van der Waals surface area contributed by atoms with Crippen LogP contribution in [0.4, 0.5) is 35.1 Å². The SMILES string of the molecule is CCc1nc(C(=O)NCC2CCC(S(C)(=O)=O)CC2)c(Cl)n1-c1c(F)cc(CC(O)(C(F)(F)F)C(F)(F)F)cc1F. The summed E-state index contributed by atoms with van der Waals surface area (Å²) < 4.78 is 133. The molecule has 3 rings (SSSR count). The molecular weight excluding hydrogens is 614 g/mol. The van der Waals surface area contributed by atoms with E-state index in [9.17, 15) is 44.7 Å². The van der Waals surface area contributed by atoms with E-state index in [2.05, 4.69) is 10.3 Å². The maximum Gasteiger partial charge on any atom is 0.426 e. The van der Waals surface area contributed by atoms with Crippen LogP contribution in [0.15, 0.2) is 12.1 Å². The molecule has 41 heavy (non-hydrogen) atoms. The van der Waals surface area contributed by atoms with Crippen molar-refractivity contribution >= 4 is 27.3 Å². The third-order valence-corrected chi connectivity index (χ3v) is 9.10. The van der Waals surface area contributed by atoms with E-state index in [-0.39, 0.29) is 36.8 Å². The van der Waals surface area contributed by atoms with Crippen molar-refractivity contribution in [2.75, 3.05) is 12.8 Å². The van der Waals surface area contributed by atoms with Crippen LogP contribution < -0.4 is 5.32 Å². The van der Waals surface area contributed by atoms with Gasteiger partial charge in [0.1, 0.15) is 26.5 Å². The molecule has 2 aromatic rings. The molecule has 1 saturated carbocycles. The number of carbonyl (C=O) groups is 1. The van der Waals surface area contributed by atoms with E-state index in [1.165, 1.54) is 6.92 Å². The van der Waals surface area contributed by atoms with Crippen molar-refractivity contribution in [1.82, 2.24) is 14.9 Å². The summed E-state index contributed by atoms with van der Waals surface area (Å²) >= 11 is 6.24. The van der Waals surface area contributed by atoms with Crippen molar-refractivity contribution in [2.45, 2.75) is 68.7 Å². The zero-order chi connectivity index (χ0) is 31.1. The molecule has 7 nitrogen and oxygen atoms in total. The fraction of sp³-hybridized carbons (Fsp3) is 0.583. The summed E-state index contributed by atoms with van der Waals surface area (Å²) in [5.74, 6) is -4.23. The number of amides is 1. The molecule has 0 atom stereocenters. The van der Waals surface area contributed by atoms with Crippen LogP contribution >= 0.6 is 11.6 Å². The number of imidazole rings is 1. The van der Waals surface area contributed by atoms with Crippen LogP contribution in [0, 0.1) is 17.6 Å². The Morgan fingerprint density at radius 3 is 2.02 bits per heavy atom. The van der Waals surface area contributed by atoms with Gasteiger partial charge in [0, 0.05) is 25.6 Å². The summed E-state index contributed by atoms with van der Waals surface area (Å²) in [6.45, 7) is 1.63. The van der Waals surface area contributed by atoms with Gasteiger partial charge in [-0.2, -0.15) is 26.3 Å². The van der Waals surface area contributed by atoms with Crippen molar-refractivity contribution in [2.24, 2.45) is 5.92 Å². The van der Waals surface area contributed by atoms with E-state index in [1.807, 2.05) is 0 Å². The molecule has 1 heterocycles. The Kier molecular flexibility index (Phi) is 9.41. The van der Waals surface area contributed by atoms with Crippen LogP contribution in [0.5, 0.6) is 0 Å². The molecule has 1 aromatic heterocycles. The smallest absolute Gasteiger partial charge is 0.373 e. The number of halogens is 9. The number of hydrogen-bond acceptors (Lipinski definition) is 5. The van der Waals surface area contributed by atoms with Crippen molar-refractivity contribution in [3.8, 4) is 5.69 Å². The Labute approximate surface area is 234 Å². The third-order valence-electron chi connectivity index (χ3n) is 7.07. The average molecular weight is 640 g/mol. The summed E-state index contributed by atoms with van der Waals surface area (Å²) in [6, 6.07) is 0.395. The van der Waals surface area contributed by atoms with Crippen molar-refractivity contribution < 1.29 is 53.4 Å². The zero-order valence-electron chi connectivity index (χ0n) is 21.6. The monoisotopic (exact) mass is 639 g/mol. The van der Waals surface area contributed by atoms with Gasteiger partial charge in [-0.25, -0.2) is 22.2 Å². The summed E-state index contributed by atoms with van der Waals surface area (Å²) in [5.41, 5.74) is -7.83. The van der Waals surface area contributed by atoms with E-state index >= 15 is 8.78 Å². The van der Waals surface area contributed by atoms with Crippen LogP contribution in [-0.2, 0) is 22.7 Å². The quantitative estimate of drug-likeness (QED) is 0.392. The molecule has 17 heteroatoms. The van der Waals surface area contributed by atoms with Gasteiger partial charge in [-0.15, -0.1) is 0 Å². The first-order valence-electron chi connectivity index (χ1n) is 12.3. The number of aromatic nitrogens is 2. The molecule has 0 bridgehead atoms. The highest BCUT2D eigenvalue weighted by Gasteiger charge is 2.70. The Morgan fingerprint density at radius 1 is 1.07 bits per heavy atom. The van der Waals surface area contributed by atoms with Gasteiger partial charge < -0.3 is 10.4 Å². The summed E-state index contributed by atoms with van der Waals surface area (Å²) in [4.78, 5) is 16.8. The number of benzene rings is 1. The lowest BCUT2D eigenvalue weighted by molar-refractivity contribution is -0.367. The molecule has 230 valence electrons. The largest absolute Gasteiger partial charge is 0.426 e. The van der Waals surface area contributed by atoms with Gasteiger partial charge in [0.2, 0.25) is 0 Å². The molecule has 2 N–H and O–H groups in total. The molecule has 1 aliphatic rings. The second kappa shape index (κ2) is 11.7. The highest BCUT2D eigenvalue weighted by atomic mass is 35.5. The molecule has 1 amide bonds. The second-order valence-corrected chi connectivity index (χ2v) is 12.7. The van der Waals surface area contributed by atoms with Crippen LogP contribution in [0.1, 0.15) is 54.5 Å². The fourth-order valence-electron chi connectivity index (χ4n) is 4.73. The number of hydrogen-bond donors (Lipinski definition) is 2. The van der Waals surface area contributed by atoms with E-state index in [0.29, 0.717) is 30.3 Å². The van der Waals surface area contributed by atoms with Gasteiger partial charge in [0.15, 0.2) is 17.3 Å². The minimum absolute atomic E-state index is 0.0367. The molecule has 1 aliphatic carbocycles. The van der Waals surface area contributed by atoms with E-state index in [1.54, 1.807) is 0 Å². The van der Waals surface area contributed by atoms with E-state index in [0.717, 1.165) is 6.26 Å². The van der Waals surface area contributed by atoms with Gasteiger partial charge in [-0.3, -0.25) is 9.36 Å². The minimum atomic E-state index is -6.20. The van der Waals surface area contributed by atoms with Crippen molar-refractivity contribution in [3.05, 3.63) is 46.0 Å². The maximum atomic E-state index is 15.0. The average Bonchev–Trinajstić information content (AvgIpc) is 3.16. The lowest BCUT2D eigenvalue weighted by atomic mass is 9.89. The fourth-order valence-corrected chi connectivity index (χ4v) is 6.17. The number of nitrogens with one attached hydrogen (secondary N) is 1. The number of rotatable bonds is 8. The highest BCUT2D eigenvalue weighted by molar-refractivity contribution is 7.91.